The molecule has 0 saturated carbocycles. The van der Waals surface area contributed by atoms with Crippen molar-refractivity contribution >= 4 is 5.91 Å². The molecule has 0 bridgehead atoms. The van der Waals surface area contributed by atoms with Crippen LogP contribution in [0.3, 0.4) is 0 Å². The predicted molar refractivity (Wildman–Crippen MR) is 68.0 cm³/mol. The van der Waals surface area contributed by atoms with E-state index in [2.05, 4.69) is 5.32 Å². The summed E-state index contributed by atoms with van der Waals surface area (Å²) in [6.45, 7) is 1.37. The lowest BCUT2D eigenvalue weighted by Gasteiger charge is -2.06. The molecule has 0 heterocycles. The van der Waals surface area contributed by atoms with Gasteiger partial charge in [-0.2, -0.15) is 0 Å². The van der Waals surface area contributed by atoms with Gasteiger partial charge in [0.25, 0.3) is 0 Å². The molecule has 0 saturated heterocycles. The lowest BCUT2D eigenvalue weighted by atomic mass is 10.1. The molecule has 17 heavy (non-hydrogen) atoms. The topological polar surface area (TPSA) is 64.3 Å². The standard InChI is InChI=1S/C13H20N2O2/c1-17-12-6-4-5-11(9-12)10-13(16)15-8-3-2-7-14/h4-6,9H,2-3,7-8,10,14H2,1H3,(H,15,16). The van der Waals surface area contributed by atoms with E-state index >= 15 is 0 Å². The van der Waals surface area contributed by atoms with Crippen LogP contribution in [0.1, 0.15) is 18.4 Å². The zero-order valence-corrected chi connectivity index (χ0v) is 10.2. The molecular weight excluding hydrogens is 216 g/mol. The summed E-state index contributed by atoms with van der Waals surface area (Å²) in [5.74, 6) is 0.814. The van der Waals surface area contributed by atoms with Gasteiger partial charge in [0.2, 0.25) is 5.91 Å². The molecule has 4 nitrogen and oxygen atoms in total. The number of hydrogen-bond acceptors (Lipinski definition) is 3. The molecular formula is C13H20N2O2. The minimum Gasteiger partial charge on any atom is -0.497 e. The van der Waals surface area contributed by atoms with Crippen LogP contribution >= 0.6 is 0 Å². The van der Waals surface area contributed by atoms with Crippen LogP contribution in [0.5, 0.6) is 5.75 Å². The molecule has 1 aromatic rings. The van der Waals surface area contributed by atoms with Crippen LogP contribution in [0, 0.1) is 0 Å². The maximum absolute atomic E-state index is 11.6. The Morgan fingerprint density at radius 1 is 1.41 bits per heavy atom. The summed E-state index contributed by atoms with van der Waals surface area (Å²) in [6.07, 6.45) is 2.26. The summed E-state index contributed by atoms with van der Waals surface area (Å²) >= 11 is 0. The fourth-order valence-corrected chi connectivity index (χ4v) is 1.53. The lowest BCUT2D eigenvalue weighted by molar-refractivity contribution is -0.120. The highest BCUT2D eigenvalue weighted by Crippen LogP contribution is 2.12. The van der Waals surface area contributed by atoms with Crippen molar-refractivity contribution in [3.05, 3.63) is 29.8 Å². The first kappa shape index (κ1) is 13.5. The maximum atomic E-state index is 11.6. The van der Waals surface area contributed by atoms with Crippen LogP contribution in [0.25, 0.3) is 0 Å². The molecule has 0 fully saturated rings. The zero-order chi connectivity index (χ0) is 12.5. The highest BCUT2D eigenvalue weighted by molar-refractivity contribution is 5.78. The normalized spacial score (nSPS) is 10.0. The molecule has 1 rings (SSSR count). The van der Waals surface area contributed by atoms with E-state index in [1.165, 1.54) is 0 Å². The zero-order valence-electron chi connectivity index (χ0n) is 10.2. The number of carbonyl (C=O) groups excluding carboxylic acids is 1. The molecule has 0 aliphatic rings. The SMILES string of the molecule is COc1cccc(CC(=O)NCCCCN)c1. The Balaban J connectivity index is 2.34. The molecule has 1 amide bonds. The minimum absolute atomic E-state index is 0.0373. The number of methoxy groups -OCH3 is 1. The summed E-state index contributed by atoms with van der Waals surface area (Å²) < 4.78 is 5.10. The third kappa shape index (κ3) is 5.36. The summed E-state index contributed by atoms with van der Waals surface area (Å²) in [5, 5.41) is 2.87. The molecule has 0 unspecified atom stereocenters. The fraction of sp³-hybridized carbons (Fsp3) is 0.462. The van der Waals surface area contributed by atoms with Gasteiger partial charge >= 0.3 is 0 Å². The average molecular weight is 236 g/mol. The monoisotopic (exact) mass is 236 g/mol. The third-order valence-electron chi connectivity index (χ3n) is 2.45. The van der Waals surface area contributed by atoms with Crippen LogP contribution in [0.4, 0.5) is 0 Å². The van der Waals surface area contributed by atoms with Crippen molar-refractivity contribution in [2.45, 2.75) is 19.3 Å². The number of carbonyl (C=O) groups is 1. The van der Waals surface area contributed by atoms with Crippen LogP contribution in [-0.2, 0) is 11.2 Å². The molecule has 3 N–H and O–H groups in total. The number of rotatable bonds is 7. The van der Waals surface area contributed by atoms with Gasteiger partial charge in [-0.25, -0.2) is 0 Å². The first-order valence-corrected chi connectivity index (χ1v) is 5.86. The first-order valence-electron chi connectivity index (χ1n) is 5.86. The second-order valence-electron chi connectivity index (χ2n) is 3.87. The Morgan fingerprint density at radius 2 is 2.24 bits per heavy atom. The lowest BCUT2D eigenvalue weighted by Crippen LogP contribution is -2.26. The molecule has 0 aromatic heterocycles. The summed E-state index contributed by atoms with van der Waals surface area (Å²) in [7, 11) is 1.62. The van der Waals surface area contributed by atoms with Crippen molar-refractivity contribution < 1.29 is 9.53 Å². The number of nitrogens with one attached hydrogen (secondary N) is 1. The van der Waals surface area contributed by atoms with Gasteiger partial charge in [-0.3, -0.25) is 4.79 Å². The Morgan fingerprint density at radius 3 is 2.94 bits per heavy atom. The van der Waals surface area contributed by atoms with E-state index in [1.807, 2.05) is 24.3 Å². The van der Waals surface area contributed by atoms with Gasteiger partial charge < -0.3 is 15.8 Å². The van der Waals surface area contributed by atoms with Gasteiger partial charge in [0.1, 0.15) is 5.75 Å². The van der Waals surface area contributed by atoms with E-state index in [0.29, 0.717) is 19.5 Å². The van der Waals surface area contributed by atoms with Crippen LogP contribution in [0.2, 0.25) is 0 Å². The van der Waals surface area contributed by atoms with Crippen molar-refractivity contribution in [2.75, 3.05) is 20.2 Å². The second-order valence-corrected chi connectivity index (χ2v) is 3.87. The molecule has 0 aliphatic heterocycles. The van der Waals surface area contributed by atoms with Crippen molar-refractivity contribution in [1.29, 1.82) is 0 Å². The number of hydrogen-bond donors (Lipinski definition) is 2. The molecule has 0 radical (unpaired) electrons. The van der Waals surface area contributed by atoms with Gasteiger partial charge in [0.15, 0.2) is 0 Å². The number of ether oxygens (including phenoxy) is 1. The highest BCUT2D eigenvalue weighted by Gasteiger charge is 2.03. The Kier molecular flexibility index (Phi) is 6.10. The smallest absolute Gasteiger partial charge is 0.224 e. The number of amides is 1. The van der Waals surface area contributed by atoms with Gasteiger partial charge in [-0.1, -0.05) is 12.1 Å². The van der Waals surface area contributed by atoms with E-state index in [9.17, 15) is 4.79 Å². The minimum atomic E-state index is 0.0373. The fourth-order valence-electron chi connectivity index (χ4n) is 1.53. The van der Waals surface area contributed by atoms with Gasteiger partial charge in [0, 0.05) is 6.54 Å². The Labute approximate surface area is 102 Å². The predicted octanol–water partition coefficient (Wildman–Crippen LogP) is 1.09. The number of unbranched alkanes of at least 4 members (excludes halogenated alkanes) is 1. The van der Waals surface area contributed by atoms with E-state index in [0.717, 1.165) is 24.2 Å². The van der Waals surface area contributed by atoms with E-state index < -0.39 is 0 Å². The van der Waals surface area contributed by atoms with E-state index in [-0.39, 0.29) is 5.91 Å². The summed E-state index contributed by atoms with van der Waals surface area (Å²) in [6, 6.07) is 7.54. The molecule has 4 heteroatoms. The van der Waals surface area contributed by atoms with Crippen LogP contribution < -0.4 is 15.8 Å². The van der Waals surface area contributed by atoms with Gasteiger partial charge in [-0.05, 0) is 37.1 Å². The molecule has 94 valence electrons. The average Bonchev–Trinajstić information content (AvgIpc) is 2.35. The van der Waals surface area contributed by atoms with Crippen LogP contribution in [0.15, 0.2) is 24.3 Å². The third-order valence-corrected chi connectivity index (χ3v) is 2.45. The maximum Gasteiger partial charge on any atom is 0.224 e. The Hall–Kier alpha value is -1.55. The molecule has 0 atom stereocenters. The quantitative estimate of drug-likeness (QED) is 0.697. The first-order chi connectivity index (χ1) is 8.26. The van der Waals surface area contributed by atoms with Crippen molar-refractivity contribution in [3.8, 4) is 5.75 Å². The Bertz CT molecular complexity index is 353. The largest absolute Gasteiger partial charge is 0.497 e. The van der Waals surface area contributed by atoms with Crippen molar-refractivity contribution in [2.24, 2.45) is 5.73 Å². The van der Waals surface area contributed by atoms with Crippen LogP contribution in [-0.4, -0.2) is 26.1 Å². The molecule has 0 aliphatic carbocycles. The van der Waals surface area contributed by atoms with Crippen molar-refractivity contribution in [3.63, 3.8) is 0 Å². The number of benzene rings is 1. The highest BCUT2D eigenvalue weighted by atomic mass is 16.5. The second kappa shape index (κ2) is 7.68. The molecule has 0 spiro atoms. The summed E-state index contributed by atoms with van der Waals surface area (Å²) in [4.78, 5) is 11.6. The van der Waals surface area contributed by atoms with Crippen molar-refractivity contribution in [1.82, 2.24) is 5.32 Å². The van der Waals surface area contributed by atoms with Gasteiger partial charge in [0.05, 0.1) is 13.5 Å². The molecule has 1 aromatic carbocycles. The van der Waals surface area contributed by atoms with E-state index in [1.54, 1.807) is 7.11 Å². The van der Waals surface area contributed by atoms with E-state index in [4.69, 9.17) is 10.5 Å². The van der Waals surface area contributed by atoms with Gasteiger partial charge in [-0.15, -0.1) is 0 Å². The number of nitrogens with two attached hydrogens (primary N) is 1. The summed E-state index contributed by atoms with van der Waals surface area (Å²) in [5.41, 5.74) is 6.33.